The molecule has 0 amide bonds. The van der Waals surface area contributed by atoms with Crippen molar-refractivity contribution in [2.45, 2.75) is 0 Å². The molecule has 0 unspecified atom stereocenters. The Hall–Kier alpha value is -0.780. The highest BCUT2D eigenvalue weighted by molar-refractivity contribution is 9.10. The topological polar surface area (TPSA) is 38.7 Å². The number of halogens is 4. The predicted molar refractivity (Wildman–Crippen MR) is 62.9 cm³/mol. The first kappa shape index (κ1) is 11.7. The van der Waals surface area contributed by atoms with Gasteiger partial charge in [-0.25, -0.2) is 14.4 Å². The van der Waals surface area contributed by atoms with E-state index in [4.69, 9.17) is 23.2 Å². The van der Waals surface area contributed by atoms with Gasteiger partial charge in [-0.2, -0.15) is 0 Å². The molecule has 0 saturated heterocycles. The fourth-order valence-electron chi connectivity index (χ4n) is 1.02. The van der Waals surface area contributed by atoms with Crippen LogP contribution in [0.4, 0.5) is 4.39 Å². The lowest BCUT2D eigenvalue weighted by Crippen LogP contribution is -1.96. The van der Waals surface area contributed by atoms with Gasteiger partial charge in [0.1, 0.15) is 5.69 Å². The summed E-state index contributed by atoms with van der Waals surface area (Å²) in [4.78, 5) is 11.5. The van der Waals surface area contributed by atoms with Gasteiger partial charge in [0.15, 0.2) is 21.9 Å². The van der Waals surface area contributed by atoms with E-state index in [1.54, 1.807) is 18.3 Å². The SMILES string of the molecule is Fc1c(Cl)nc(-c2ccc(Br)cn2)nc1Cl. The Balaban J connectivity index is 2.52. The Kier molecular flexibility index (Phi) is 3.37. The average Bonchev–Trinajstić information content (AvgIpc) is 2.26. The lowest BCUT2D eigenvalue weighted by molar-refractivity contribution is 0.615. The maximum Gasteiger partial charge on any atom is 0.197 e. The predicted octanol–water partition coefficient (Wildman–Crippen LogP) is 3.75. The molecule has 0 radical (unpaired) electrons. The summed E-state index contributed by atoms with van der Waals surface area (Å²) in [5.41, 5.74) is 0.465. The van der Waals surface area contributed by atoms with Gasteiger partial charge in [0.2, 0.25) is 0 Å². The first-order chi connectivity index (χ1) is 7.58. The first-order valence-corrected chi connectivity index (χ1v) is 5.63. The van der Waals surface area contributed by atoms with Crippen molar-refractivity contribution in [3.05, 3.63) is 38.9 Å². The van der Waals surface area contributed by atoms with Crippen molar-refractivity contribution in [2.24, 2.45) is 0 Å². The van der Waals surface area contributed by atoms with Crippen LogP contribution in [0.3, 0.4) is 0 Å². The smallest absolute Gasteiger partial charge is 0.197 e. The van der Waals surface area contributed by atoms with Gasteiger partial charge >= 0.3 is 0 Å². The molecular weight excluding hydrogens is 320 g/mol. The molecule has 2 heterocycles. The van der Waals surface area contributed by atoms with E-state index < -0.39 is 5.82 Å². The van der Waals surface area contributed by atoms with Crippen LogP contribution < -0.4 is 0 Å². The maximum atomic E-state index is 13.1. The van der Waals surface area contributed by atoms with Crippen molar-refractivity contribution in [3.63, 3.8) is 0 Å². The molecule has 0 bridgehead atoms. The van der Waals surface area contributed by atoms with E-state index in [1.807, 2.05) is 0 Å². The molecule has 0 N–H and O–H groups in total. The molecule has 0 aliphatic carbocycles. The first-order valence-electron chi connectivity index (χ1n) is 4.08. The van der Waals surface area contributed by atoms with Crippen LogP contribution in [0.5, 0.6) is 0 Å². The molecule has 0 saturated carbocycles. The average molecular weight is 323 g/mol. The lowest BCUT2D eigenvalue weighted by atomic mass is 10.3. The van der Waals surface area contributed by atoms with E-state index in [-0.39, 0.29) is 16.1 Å². The standard InChI is InChI=1S/C9H3BrCl2FN3/c10-4-1-2-5(14-3-4)9-15-7(11)6(13)8(12)16-9/h1-3H. The minimum atomic E-state index is -0.829. The van der Waals surface area contributed by atoms with Gasteiger partial charge in [-0.05, 0) is 28.1 Å². The highest BCUT2D eigenvalue weighted by Crippen LogP contribution is 2.23. The largest absolute Gasteiger partial charge is 0.252 e. The Morgan fingerprint density at radius 1 is 1.12 bits per heavy atom. The minimum Gasteiger partial charge on any atom is -0.252 e. The van der Waals surface area contributed by atoms with Gasteiger partial charge in [-0.3, -0.25) is 4.98 Å². The summed E-state index contributed by atoms with van der Waals surface area (Å²) in [6.07, 6.45) is 1.57. The van der Waals surface area contributed by atoms with E-state index in [0.29, 0.717) is 5.69 Å². The molecule has 82 valence electrons. The zero-order chi connectivity index (χ0) is 11.7. The second-order valence-electron chi connectivity index (χ2n) is 2.80. The second-order valence-corrected chi connectivity index (χ2v) is 4.44. The number of nitrogens with zero attached hydrogens (tertiary/aromatic N) is 3. The van der Waals surface area contributed by atoms with E-state index >= 15 is 0 Å². The van der Waals surface area contributed by atoms with E-state index in [0.717, 1.165) is 4.47 Å². The fourth-order valence-corrected chi connectivity index (χ4v) is 1.64. The highest BCUT2D eigenvalue weighted by Gasteiger charge is 2.12. The van der Waals surface area contributed by atoms with Crippen molar-refractivity contribution in [3.8, 4) is 11.5 Å². The normalized spacial score (nSPS) is 10.5. The van der Waals surface area contributed by atoms with E-state index in [9.17, 15) is 4.39 Å². The van der Waals surface area contributed by atoms with Crippen LogP contribution in [0.25, 0.3) is 11.5 Å². The van der Waals surface area contributed by atoms with Crippen molar-refractivity contribution < 1.29 is 4.39 Å². The van der Waals surface area contributed by atoms with Crippen LogP contribution >= 0.6 is 39.1 Å². The molecule has 0 atom stereocenters. The summed E-state index contributed by atoms with van der Waals surface area (Å²) in [5.74, 6) is -0.645. The molecule has 2 aromatic rings. The van der Waals surface area contributed by atoms with Gasteiger partial charge in [0.05, 0.1) is 0 Å². The molecule has 2 aromatic heterocycles. The quantitative estimate of drug-likeness (QED) is 0.751. The number of rotatable bonds is 1. The summed E-state index contributed by atoms with van der Waals surface area (Å²) < 4.78 is 13.9. The van der Waals surface area contributed by atoms with Crippen LogP contribution in [0.1, 0.15) is 0 Å². The second kappa shape index (κ2) is 4.61. The van der Waals surface area contributed by atoms with Gasteiger partial charge < -0.3 is 0 Å². The number of aromatic nitrogens is 3. The molecule has 3 nitrogen and oxygen atoms in total. The molecule has 7 heteroatoms. The van der Waals surface area contributed by atoms with Crippen LogP contribution in [0, 0.1) is 5.82 Å². The molecule has 0 aromatic carbocycles. The molecule has 0 aliphatic heterocycles. The summed E-state index contributed by atoms with van der Waals surface area (Å²) in [7, 11) is 0. The molecule has 0 fully saturated rings. The Labute approximate surface area is 109 Å². The third-order valence-electron chi connectivity index (χ3n) is 1.73. The Bertz CT molecular complexity index is 510. The Morgan fingerprint density at radius 3 is 2.25 bits per heavy atom. The van der Waals surface area contributed by atoms with Gasteiger partial charge in [0.25, 0.3) is 0 Å². The molecule has 0 spiro atoms. The lowest BCUT2D eigenvalue weighted by Gasteiger charge is -2.01. The van der Waals surface area contributed by atoms with Gasteiger partial charge in [-0.15, -0.1) is 0 Å². The molecule has 0 aliphatic rings. The number of hydrogen-bond donors (Lipinski definition) is 0. The molecule has 16 heavy (non-hydrogen) atoms. The monoisotopic (exact) mass is 321 g/mol. The third kappa shape index (κ3) is 2.31. The van der Waals surface area contributed by atoms with Crippen molar-refractivity contribution in [2.75, 3.05) is 0 Å². The zero-order valence-electron chi connectivity index (χ0n) is 7.59. The number of hydrogen-bond acceptors (Lipinski definition) is 3. The maximum absolute atomic E-state index is 13.1. The number of pyridine rings is 1. The van der Waals surface area contributed by atoms with E-state index in [1.165, 1.54) is 0 Å². The van der Waals surface area contributed by atoms with Crippen molar-refractivity contribution >= 4 is 39.1 Å². The summed E-state index contributed by atoms with van der Waals surface area (Å²) in [5, 5.41) is -0.639. The summed E-state index contributed by atoms with van der Waals surface area (Å²) >= 11 is 14.3. The van der Waals surface area contributed by atoms with Gasteiger partial charge in [-0.1, -0.05) is 23.2 Å². The summed E-state index contributed by atoms with van der Waals surface area (Å²) in [6.45, 7) is 0. The zero-order valence-corrected chi connectivity index (χ0v) is 10.7. The van der Waals surface area contributed by atoms with Crippen LogP contribution in [-0.2, 0) is 0 Å². The van der Waals surface area contributed by atoms with Crippen LogP contribution in [0.15, 0.2) is 22.8 Å². The van der Waals surface area contributed by atoms with E-state index in [2.05, 4.69) is 30.9 Å². The summed E-state index contributed by atoms with van der Waals surface area (Å²) in [6, 6.07) is 3.43. The third-order valence-corrected chi connectivity index (χ3v) is 2.70. The highest BCUT2D eigenvalue weighted by atomic mass is 79.9. The fraction of sp³-hybridized carbons (Fsp3) is 0. The van der Waals surface area contributed by atoms with Crippen molar-refractivity contribution in [1.82, 2.24) is 15.0 Å². The molecule has 2 rings (SSSR count). The Morgan fingerprint density at radius 2 is 1.75 bits per heavy atom. The van der Waals surface area contributed by atoms with Crippen LogP contribution in [-0.4, -0.2) is 15.0 Å². The minimum absolute atomic E-state index is 0.184. The van der Waals surface area contributed by atoms with Gasteiger partial charge in [0, 0.05) is 10.7 Å². The van der Waals surface area contributed by atoms with Crippen LogP contribution in [0.2, 0.25) is 10.3 Å². The molecular formula is C9H3BrCl2FN3. The van der Waals surface area contributed by atoms with Crippen molar-refractivity contribution in [1.29, 1.82) is 0 Å².